The number of hydrogen-bond acceptors (Lipinski definition) is 6. The number of hydrogen-bond donors (Lipinski definition) is 1. The zero-order chi connectivity index (χ0) is 18.8. The van der Waals surface area contributed by atoms with Crippen LogP contribution < -0.4 is 5.09 Å². The van der Waals surface area contributed by atoms with Gasteiger partial charge in [-0.3, -0.25) is 19.6 Å². The number of rotatable bonds is 6. The number of benzene rings is 1. The lowest BCUT2D eigenvalue weighted by atomic mass is 10.0. The maximum Gasteiger partial charge on any atom is 0.355 e. The van der Waals surface area contributed by atoms with E-state index in [-0.39, 0.29) is 35.4 Å². The summed E-state index contributed by atoms with van der Waals surface area (Å²) in [5.41, 5.74) is 1.58. The summed E-state index contributed by atoms with van der Waals surface area (Å²) in [5.74, 6) is -0.330. The number of fused-ring (bicyclic) bond motifs is 1. The molecule has 1 aromatic rings. The number of nitrogens with one attached hydrogen (secondary N) is 1. The second-order valence-corrected chi connectivity index (χ2v) is 9.56. The molecule has 1 saturated heterocycles. The van der Waals surface area contributed by atoms with E-state index in [0.717, 1.165) is 5.57 Å². The third kappa shape index (κ3) is 3.70. The summed E-state index contributed by atoms with van der Waals surface area (Å²) in [6.45, 7) is 5.57. The molecule has 2 heterocycles. The molecule has 1 amide bonds. The van der Waals surface area contributed by atoms with Crippen LogP contribution in [-0.4, -0.2) is 59.7 Å². The lowest BCUT2D eigenvalue weighted by Gasteiger charge is -2.50. The third-order valence-corrected chi connectivity index (χ3v) is 6.40. The predicted molar refractivity (Wildman–Crippen MR) is 103 cm³/mol. The lowest BCUT2D eigenvalue weighted by molar-refractivity contribution is -0.150. The minimum atomic E-state index is -0.612. The summed E-state index contributed by atoms with van der Waals surface area (Å²) in [5, 5.41) is 3.20. The smallest absolute Gasteiger partial charge is 0.355 e. The lowest BCUT2D eigenvalue weighted by Crippen LogP contribution is -2.68. The van der Waals surface area contributed by atoms with Crippen LogP contribution in [0.3, 0.4) is 0 Å². The zero-order valence-electron chi connectivity index (χ0n) is 14.9. The van der Waals surface area contributed by atoms with Crippen LogP contribution in [0.25, 0.3) is 0 Å². The van der Waals surface area contributed by atoms with Crippen LogP contribution in [0.2, 0.25) is 0 Å². The third-order valence-electron chi connectivity index (χ3n) is 4.18. The van der Waals surface area contributed by atoms with Gasteiger partial charge in [-0.05, 0) is 33.9 Å². The number of carbonyl (C=O) groups excluding carboxylic acids is 3. The van der Waals surface area contributed by atoms with Crippen molar-refractivity contribution >= 4 is 37.5 Å². The van der Waals surface area contributed by atoms with Crippen LogP contribution in [0.5, 0.6) is 0 Å². The largest absolute Gasteiger partial charge is 0.453 e. The van der Waals surface area contributed by atoms with Gasteiger partial charge in [-0.2, -0.15) is 0 Å². The molecule has 0 bridgehead atoms. The van der Waals surface area contributed by atoms with Crippen LogP contribution in [0.1, 0.15) is 17.3 Å². The molecule has 0 spiro atoms. The Morgan fingerprint density at radius 2 is 2.00 bits per heavy atom. The monoisotopic (exact) mass is 392 g/mol. The van der Waals surface area contributed by atoms with E-state index >= 15 is 0 Å². The Hall–Kier alpha value is -1.69. The topological polar surface area (TPSA) is 75.7 Å². The summed E-state index contributed by atoms with van der Waals surface area (Å²) in [7, 11) is -0.423. The number of ether oxygens (including phenoxy) is 1. The van der Waals surface area contributed by atoms with Gasteiger partial charge in [0.2, 0.25) is 5.91 Å². The number of ketones is 1. The van der Waals surface area contributed by atoms with Gasteiger partial charge in [0.25, 0.3) is 0 Å². The van der Waals surface area contributed by atoms with Gasteiger partial charge in [-0.15, -0.1) is 11.8 Å². The average molecular weight is 392 g/mol. The van der Waals surface area contributed by atoms with Crippen molar-refractivity contribution in [2.24, 2.45) is 0 Å². The molecular formula is C18H21N2O4PS. The molecule has 2 atom stereocenters. The Balaban J connectivity index is 1.67. The molecular weight excluding hydrogens is 371 g/mol. The molecule has 26 heavy (non-hydrogen) atoms. The van der Waals surface area contributed by atoms with E-state index in [1.165, 1.54) is 4.90 Å². The van der Waals surface area contributed by atoms with Crippen molar-refractivity contribution in [3.8, 4) is 0 Å². The Morgan fingerprint density at radius 1 is 1.31 bits per heavy atom. The highest BCUT2D eigenvalue weighted by molar-refractivity contribution is 8.00. The zero-order valence-corrected chi connectivity index (χ0v) is 16.6. The van der Waals surface area contributed by atoms with E-state index in [0.29, 0.717) is 11.3 Å². The maximum atomic E-state index is 12.6. The highest BCUT2D eigenvalue weighted by Gasteiger charge is 2.53. The molecule has 3 rings (SSSR count). The molecule has 2 aliphatic rings. The fourth-order valence-electron chi connectivity index (χ4n) is 2.93. The van der Waals surface area contributed by atoms with Crippen LogP contribution in [0, 0.1) is 0 Å². The van der Waals surface area contributed by atoms with Gasteiger partial charge in [0, 0.05) is 11.3 Å². The average Bonchev–Trinajstić information content (AvgIpc) is 2.64. The normalized spacial score (nSPS) is 22.2. The Labute approximate surface area is 158 Å². The second-order valence-electron chi connectivity index (χ2n) is 6.41. The van der Waals surface area contributed by atoms with Crippen molar-refractivity contribution in [3.05, 3.63) is 47.2 Å². The molecule has 2 aliphatic heterocycles. The molecule has 1 N–H and O–H groups in total. The van der Waals surface area contributed by atoms with Crippen molar-refractivity contribution in [1.82, 2.24) is 9.99 Å². The number of Topliss-reactive ketones (excluding diaryl/α,β-unsaturated/α-hetero) is 1. The van der Waals surface area contributed by atoms with Crippen LogP contribution in [0.15, 0.2) is 41.6 Å². The number of esters is 1. The number of nitrogens with zero attached hydrogens (tertiary/aromatic N) is 1. The second kappa shape index (κ2) is 7.91. The number of carbonyl (C=O) groups is 3. The summed E-state index contributed by atoms with van der Waals surface area (Å²) in [4.78, 5) is 38.7. The molecule has 0 saturated carbocycles. The van der Waals surface area contributed by atoms with Gasteiger partial charge in [0.15, 0.2) is 12.4 Å². The molecule has 0 radical (unpaired) electrons. The van der Waals surface area contributed by atoms with E-state index in [2.05, 4.69) is 5.09 Å². The summed E-state index contributed by atoms with van der Waals surface area (Å²) < 4.78 is 5.22. The van der Waals surface area contributed by atoms with Crippen LogP contribution >= 0.6 is 19.8 Å². The molecule has 138 valence electrons. The number of amides is 1. The number of β-lactam (4-membered cyclic amide) rings is 1. The summed E-state index contributed by atoms with van der Waals surface area (Å²) in [6, 6.07) is 8.42. The van der Waals surface area contributed by atoms with Crippen molar-refractivity contribution < 1.29 is 19.1 Å². The first-order valence-corrected chi connectivity index (χ1v) is 11.5. The standard InChI is InChI=1S/C18H21N2O4PS/c1-11-10-26-17-14(19-25(2)3)16(22)20(17)15(11)18(23)24-9-13(21)12-7-5-4-6-8-12/h4-8,14,17,19H,9-10H2,1-3H3/t14-,17+/m1/s1. The minimum Gasteiger partial charge on any atom is -0.453 e. The molecule has 1 aromatic carbocycles. The fourth-order valence-corrected chi connectivity index (χ4v) is 5.13. The SMILES string of the molecule is CC1=C(C(=O)OCC(=O)c2ccccc2)N2C(=O)[C@@H](NP(C)C)[C@@H]2SC1. The van der Waals surface area contributed by atoms with E-state index in [1.807, 2.05) is 26.3 Å². The molecule has 8 heteroatoms. The molecule has 0 unspecified atom stereocenters. The van der Waals surface area contributed by atoms with E-state index < -0.39 is 14.0 Å². The van der Waals surface area contributed by atoms with E-state index in [1.54, 1.807) is 36.0 Å². The number of thioether (sulfide) groups is 1. The first kappa shape index (κ1) is 19.1. The van der Waals surface area contributed by atoms with Crippen molar-refractivity contribution in [1.29, 1.82) is 0 Å². The highest BCUT2D eigenvalue weighted by Crippen LogP contribution is 2.42. The van der Waals surface area contributed by atoms with Gasteiger partial charge >= 0.3 is 5.97 Å². The molecule has 6 nitrogen and oxygen atoms in total. The van der Waals surface area contributed by atoms with Gasteiger partial charge < -0.3 is 4.74 Å². The van der Waals surface area contributed by atoms with Gasteiger partial charge in [-0.25, -0.2) is 4.79 Å². The molecule has 0 aliphatic carbocycles. The van der Waals surface area contributed by atoms with Gasteiger partial charge in [0.1, 0.15) is 17.1 Å². The highest BCUT2D eigenvalue weighted by atomic mass is 32.2. The van der Waals surface area contributed by atoms with Crippen LogP contribution in [-0.2, 0) is 14.3 Å². The quantitative estimate of drug-likeness (QED) is 0.346. The maximum absolute atomic E-state index is 12.6. The fraction of sp³-hybridized carbons (Fsp3) is 0.389. The Kier molecular flexibility index (Phi) is 5.80. The predicted octanol–water partition coefficient (Wildman–Crippen LogP) is 2.22. The van der Waals surface area contributed by atoms with E-state index in [9.17, 15) is 14.4 Å². The minimum absolute atomic E-state index is 0.0940. The summed E-state index contributed by atoms with van der Waals surface area (Å²) >= 11 is 1.64. The van der Waals surface area contributed by atoms with Gasteiger partial charge in [-0.1, -0.05) is 30.3 Å². The van der Waals surface area contributed by atoms with Crippen molar-refractivity contribution in [2.45, 2.75) is 18.3 Å². The Bertz CT molecular complexity index is 766. The molecule has 0 aromatic heterocycles. The summed E-state index contributed by atoms with van der Waals surface area (Å²) in [6.07, 6.45) is 0. The Morgan fingerprint density at radius 3 is 2.65 bits per heavy atom. The first-order valence-electron chi connectivity index (χ1n) is 8.23. The first-order chi connectivity index (χ1) is 12.4. The van der Waals surface area contributed by atoms with Crippen molar-refractivity contribution in [2.75, 3.05) is 25.7 Å². The van der Waals surface area contributed by atoms with Crippen molar-refractivity contribution in [3.63, 3.8) is 0 Å². The molecule has 1 fully saturated rings. The van der Waals surface area contributed by atoms with Gasteiger partial charge in [0.05, 0.1) is 0 Å². The van der Waals surface area contributed by atoms with E-state index in [4.69, 9.17) is 4.74 Å². The van der Waals surface area contributed by atoms with Crippen LogP contribution in [0.4, 0.5) is 0 Å².